The summed E-state index contributed by atoms with van der Waals surface area (Å²) in [4.78, 5) is 14.3. The summed E-state index contributed by atoms with van der Waals surface area (Å²) in [5, 5.41) is 10.8. The van der Waals surface area contributed by atoms with Crippen molar-refractivity contribution in [1.29, 1.82) is 0 Å². The van der Waals surface area contributed by atoms with Crippen LogP contribution in [0.5, 0.6) is 0 Å². The van der Waals surface area contributed by atoms with Gasteiger partial charge in [-0.2, -0.15) is 8.42 Å². The predicted octanol–water partition coefficient (Wildman–Crippen LogP) is 2.04. The smallest absolute Gasteiger partial charge is 0.285 e. The highest BCUT2D eigenvalue weighted by atomic mass is 32.2. The van der Waals surface area contributed by atoms with Crippen LogP contribution in [0, 0.1) is 24.0 Å². The van der Waals surface area contributed by atoms with Crippen LogP contribution in [0.1, 0.15) is 11.1 Å². The van der Waals surface area contributed by atoms with E-state index in [1.165, 1.54) is 12.1 Å². The minimum atomic E-state index is -3.89. The number of nitrogens with two attached hydrogens (primary N) is 1. The molecule has 154 valence electrons. The molecule has 2 aromatic rings. The van der Waals surface area contributed by atoms with Crippen LogP contribution in [0.15, 0.2) is 51.8 Å². The Morgan fingerprint density at radius 2 is 1.69 bits per heavy atom. The topological polar surface area (TPSA) is 122 Å². The highest BCUT2D eigenvalue weighted by molar-refractivity contribution is 7.90. The highest BCUT2D eigenvalue weighted by Gasteiger charge is 2.22. The first-order valence-corrected chi connectivity index (χ1v) is 10.5. The maximum absolute atomic E-state index is 12.6. The van der Waals surface area contributed by atoms with Crippen LogP contribution in [0.25, 0.3) is 0 Å². The van der Waals surface area contributed by atoms with Gasteiger partial charge in [-0.15, -0.1) is 4.40 Å². The molecular formula is C19H23N5O4S. The lowest BCUT2D eigenvalue weighted by atomic mass is 10.2. The summed E-state index contributed by atoms with van der Waals surface area (Å²) < 4.78 is 29.1. The molecule has 0 aromatic heterocycles. The number of hydrogen-bond acceptors (Lipinski definition) is 5. The third-order valence-corrected chi connectivity index (χ3v) is 6.29. The molecule has 1 heterocycles. The highest BCUT2D eigenvalue weighted by Crippen LogP contribution is 2.22. The van der Waals surface area contributed by atoms with Crippen LogP contribution in [-0.4, -0.2) is 50.4 Å². The first-order chi connectivity index (χ1) is 13.7. The molecule has 29 heavy (non-hydrogen) atoms. The Morgan fingerprint density at radius 1 is 1.07 bits per heavy atom. The van der Waals surface area contributed by atoms with Crippen LogP contribution in [0.3, 0.4) is 0 Å². The molecule has 0 saturated carbocycles. The summed E-state index contributed by atoms with van der Waals surface area (Å²) in [6.45, 7) is 5.80. The fourth-order valence-corrected chi connectivity index (χ4v) is 4.46. The van der Waals surface area contributed by atoms with Crippen molar-refractivity contribution in [3.05, 3.63) is 63.7 Å². The third-order valence-electron chi connectivity index (χ3n) is 4.85. The number of nitrogens with zero attached hydrogens (tertiary/aromatic N) is 4. The molecule has 1 aliphatic heterocycles. The van der Waals surface area contributed by atoms with Crippen molar-refractivity contribution < 1.29 is 13.3 Å². The number of hydrogen-bond donors (Lipinski definition) is 1. The molecule has 1 fully saturated rings. The van der Waals surface area contributed by atoms with Gasteiger partial charge in [-0.25, -0.2) is 0 Å². The Balaban J connectivity index is 1.69. The van der Waals surface area contributed by atoms with Gasteiger partial charge in [0.2, 0.25) is 5.96 Å². The predicted molar refractivity (Wildman–Crippen MR) is 112 cm³/mol. The zero-order chi connectivity index (χ0) is 21.2. The number of benzene rings is 2. The van der Waals surface area contributed by atoms with E-state index in [9.17, 15) is 18.5 Å². The monoisotopic (exact) mass is 417 g/mol. The Kier molecular flexibility index (Phi) is 5.73. The number of aryl methyl sites for hydroxylation is 2. The van der Waals surface area contributed by atoms with E-state index in [2.05, 4.69) is 9.30 Å². The molecule has 0 atom stereocenters. The molecule has 1 saturated heterocycles. The molecule has 0 radical (unpaired) electrons. The van der Waals surface area contributed by atoms with E-state index in [-0.39, 0.29) is 16.5 Å². The quantitative estimate of drug-likeness (QED) is 0.349. The second kappa shape index (κ2) is 8.08. The number of nitro groups is 1. The zero-order valence-corrected chi connectivity index (χ0v) is 17.1. The number of non-ortho nitro benzene ring substituents is 1. The fraction of sp³-hybridized carbons (Fsp3) is 0.316. The molecule has 1 aliphatic rings. The second-order valence-corrected chi connectivity index (χ2v) is 8.51. The molecule has 10 heteroatoms. The molecule has 0 aliphatic carbocycles. The lowest BCUT2D eigenvalue weighted by molar-refractivity contribution is -0.384. The SMILES string of the molecule is Cc1ccc(S(=O)(=O)/N=C(\N)N2CCN(c3ccc([N+](=O)[O-])cc3)CC2)c(C)c1. The largest absolute Gasteiger partial charge is 0.369 e. The van der Waals surface area contributed by atoms with Crippen molar-refractivity contribution in [2.24, 2.45) is 10.1 Å². The van der Waals surface area contributed by atoms with Gasteiger partial charge in [0.15, 0.2) is 0 Å². The molecule has 0 unspecified atom stereocenters. The average Bonchev–Trinajstić information content (AvgIpc) is 2.67. The van der Waals surface area contributed by atoms with Crippen LogP contribution in [0.2, 0.25) is 0 Å². The Morgan fingerprint density at radius 3 is 2.24 bits per heavy atom. The van der Waals surface area contributed by atoms with Crippen molar-refractivity contribution >= 4 is 27.4 Å². The van der Waals surface area contributed by atoms with E-state index in [0.717, 1.165) is 11.3 Å². The van der Waals surface area contributed by atoms with Gasteiger partial charge in [0.25, 0.3) is 15.7 Å². The fourth-order valence-electron chi connectivity index (χ4n) is 3.30. The zero-order valence-electron chi connectivity index (χ0n) is 16.3. The number of nitro benzene ring substituents is 1. The maximum Gasteiger partial charge on any atom is 0.285 e. The molecule has 2 N–H and O–H groups in total. The normalized spacial score (nSPS) is 15.4. The number of rotatable bonds is 4. The van der Waals surface area contributed by atoms with Crippen LogP contribution < -0.4 is 10.6 Å². The first kappa shape index (κ1) is 20.6. The van der Waals surface area contributed by atoms with E-state index in [0.29, 0.717) is 31.7 Å². The Bertz CT molecular complexity index is 1040. The van der Waals surface area contributed by atoms with E-state index in [4.69, 9.17) is 5.73 Å². The second-order valence-electron chi connectivity index (χ2n) is 6.94. The van der Waals surface area contributed by atoms with Gasteiger partial charge >= 0.3 is 0 Å². The lowest BCUT2D eigenvalue weighted by Gasteiger charge is -2.36. The van der Waals surface area contributed by atoms with E-state index in [1.807, 2.05) is 6.92 Å². The number of guanidine groups is 1. The van der Waals surface area contributed by atoms with Gasteiger partial charge in [-0.05, 0) is 37.6 Å². The van der Waals surface area contributed by atoms with Crippen LogP contribution >= 0.6 is 0 Å². The minimum Gasteiger partial charge on any atom is -0.369 e. The first-order valence-electron chi connectivity index (χ1n) is 9.09. The maximum atomic E-state index is 12.6. The van der Waals surface area contributed by atoms with Crippen molar-refractivity contribution in [3.8, 4) is 0 Å². The van der Waals surface area contributed by atoms with E-state index >= 15 is 0 Å². The molecule has 0 bridgehead atoms. The van der Waals surface area contributed by atoms with Gasteiger partial charge in [0.05, 0.1) is 9.82 Å². The number of sulfonamides is 1. The van der Waals surface area contributed by atoms with Crippen molar-refractivity contribution in [2.75, 3.05) is 31.1 Å². The molecule has 9 nitrogen and oxygen atoms in total. The van der Waals surface area contributed by atoms with Crippen molar-refractivity contribution in [1.82, 2.24) is 4.90 Å². The Labute approximate surface area is 169 Å². The van der Waals surface area contributed by atoms with Crippen molar-refractivity contribution in [2.45, 2.75) is 18.7 Å². The van der Waals surface area contributed by atoms with Crippen LogP contribution in [-0.2, 0) is 10.0 Å². The lowest BCUT2D eigenvalue weighted by Crippen LogP contribution is -2.51. The van der Waals surface area contributed by atoms with Gasteiger partial charge in [-0.1, -0.05) is 17.7 Å². The summed E-state index contributed by atoms with van der Waals surface area (Å²) >= 11 is 0. The van der Waals surface area contributed by atoms with Gasteiger partial charge in [-0.3, -0.25) is 10.1 Å². The third kappa shape index (κ3) is 4.65. The number of piperazine rings is 1. The van der Waals surface area contributed by atoms with E-state index < -0.39 is 14.9 Å². The van der Waals surface area contributed by atoms with Crippen LogP contribution in [0.4, 0.5) is 11.4 Å². The van der Waals surface area contributed by atoms with Crippen molar-refractivity contribution in [3.63, 3.8) is 0 Å². The molecule has 2 aromatic carbocycles. The summed E-state index contributed by atoms with van der Waals surface area (Å²) in [6.07, 6.45) is 0. The minimum absolute atomic E-state index is 0.0340. The summed E-state index contributed by atoms with van der Waals surface area (Å²) in [6, 6.07) is 11.4. The molecule has 0 amide bonds. The summed E-state index contributed by atoms with van der Waals surface area (Å²) in [5.74, 6) is -0.0340. The Hall–Kier alpha value is -3.14. The van der Waals surface area contributed by atoms with Gasteiger partial charge in [0.1, 0.15) is 0 Å². The molecule has 3 rings (SSSR count). The van der Waals surface area contributed by atoms with E-state index in [1.54, 1.807) is 42.2 Å². The summed E-state index contributed by atoms with van der Waals surface area (Å²) in [5.41, 5.74) is 8.51. The van der Waals surface area contributed by atoms with Gasteiger partial charge in [0, 0.05) is 44.0 Å². The van der Waals surface area contributed by atoms with Gasteiger partial charge < -0.3 is 15.5 Å². The number of anilines is 1. The molecular weight excluding hydrogens is 394 g/mol. The average molecular weight is 417 g/mol. The summed E-state index contributed by atoms with van der Waals surface area (Å²) in [7, 11) is -3.89. The standard InChI is InChI=1S/C19H23N5O4S/c1-14-3-8-18(15(2)13-14)29(27,28)21-19(20)23-11-9-22(10-12-23)16-4-6-17(7-5-16)24(25)26/h3-8,13H,9-12H2,1-2H3,(H2,20,21). The molecule has 0 spiro atoms.